The zero-order valence-electron chi connectivity index (χ0n) is 10.4. The van der Waals surface area contributed by atoms with Crippen molar-refractivity contribution in [2.75, 3.05) is 0 Å². The molecule has 0 unspecified atom stereocenters. The van der Waals surface area contributed by atoms with E-state index in [4.69, 9.17) is 0 Å². The van der Waals surface area contributed by atoms with Gasteiger partial charge in [-0.3, -0.25) is 0 Å². The van der Waals surface area contributed by atoms with Crippen LogP contribution < -0.4 is 0 Å². The van der Waals surface area contributed by atoms with E-state index in [1.807, 2.05) is 61.5 Å². The predicted molar refractivity (Wildman–Crippen MR) is 78.2 cm³/mol. The summed E-state index contributed by atoms with van der Waals surface area (Å²) in [5.74, 6) is 0.280. The molecule has 0 fully saturated rings. The zero-order valence-corrected chi connectivity index (χ0v) is 10.4. The van der Waals surface area contributed by atoms with Crippen LogP contribution in [0.3, 0.4) is 0 Å². The van der Waals surface area contributed by atoms with Gasteiger partial charge >= 0.3 is 0 Å². The third-order valence-electron chi connectivity index (χ3n) is 2.78. The third kappa shape index (κ3) is 2.69. The molecule has 18 heavy (non-hydrogen) atoms. The van der Waals surface area contributed by atoms with E-state index in [1.54, 1.807) is 6.07 Å². The summed E-state index contributed by atoms with van der Waals surface area (Å²) >= 11 is 0. The van der Waals surface area contributed by atoms with Gasteiger partial charge in [-0.2, -0.15) is 0 Å². The second kappa shape index (κ2) is 5.37. The summed E-state index contributed by atoms with van der Waals surface area (Å²) in [5.41, 5.74) is 3.84. The lowest BCUT2D eigenvalue weighted by molar-refractivity contribution is 0.474. The second-order valence-corrected chi connectivity index (χ2v) is 4.26. The van der Waals surface area contributed by atoms with Crippen LogP contribution >= 0.6 is 0 Å². The molecule has 0 saturated heterocycles. The number of rotatable bonds is 3. The summed E-state index contributed by atoms with van der Waals surface area (Å²) in [6.07, 6.45) is 3.91. The molecule has 2 aromatic carbocycles. The van der Waals surface area contributed by atoms with Crippen molar-refractivity contribution in [3.63, 3.8) is 0 Å². The molecule has 1 heteroatoms. The number of hydrogen-bond acceptors (Lipinski definition) is 1. The third-order valence-corrected chi connectivity index (χ3v) is 2.78. The molecule has 0 radical (unpaired) electrons. The van der Waals surface area contributed by atoms with Crippen molar-refractivity contribution in [1.82, 2.24) is 0 Å². The molecule has 0 saturated carbocycles. The maximum absolute atomic E-state index is 9.93. The monoisotopic (exact) mass is 236 g/mol. The van der Waals surface area contributed by atoms with E-state index in [0.717, 1.165) is 22.3 Å². The van der Waals surface area contributed by atoms with Gasteiger partial charge in [-0.05, 0) is 24.1 Å². The summed E-state index contributed by atoms with van der Waals surface area (Å²) in [6.45, 7) is 5.88. The molecule has 0 amide bonds. The molecule has 0 aliphatic carbocycles. The minimum absolute atomic E-state index is 0.280. The second-order valence-electron chi connectivity index (χ2n) is 4.26. The van der Waals surface area contributed by atoms with Crippen LogP contribution in [0.4, 0.5) is 0 Å². The standard InChI is InChI=1S/C17H16O/c1-13(2)15-9-6-10-17(18)16(15)12-11-14-7-4-3-5-8-14/h3-12,18H,1H2,2H3. The van der Waals surface area contributed by atoms with E-state index in [2.05, 4.69) is 6.58 Å². The first-order valence-corrected chi connectivity index (χ1v) is 5.89. The molecular formula is C17H16O. The largest absolute Gasteiger partial charge is 0.507 e. The molecule has 1 N–H and O–H groups in total. The maximum Gasteiger partial charge on any atom is 0.123 e. The van der Waals surface area contributed by atoms with Crippen LogP contribution in [0.15, 0.2) is 55.1 Å². The molecule has 0 aromatic heterocycles. The van der Waals surface area contributed by atoms with Crippen LogP contribution in [0.1, 0.15) is 23.6 Å². The van der Waals surface area contributed by atoms with Crippen molar-refractivity contribution in [2.24, 2.45) is 0 Å². The van der Waals surface area contributed by atoms with Crippen LogP contribution in [0.25, 0.3) is 17.7 Å². The number of phenolic OH excluding ortho intramolecular Hbond substituents is 1. The van der Waals surface area contributed by atoms with Crippen molar-refractivity contribution in [1.29, 1.82) is 0 Å². The van der Waals surface area contributed by atoms with E-state index in [9.17, 15) is 5.11 Å². The minimum Gasteiger partial charge on any atom is -0.507 e. The van der Waals surface area contributed by atoms with E-state index < -0.39 is 0 Å². The fourth-order valence-electron chi connectivity index (χ4n) is 1.84. The van der Waals surface area contributed by atoms with Crippen molar-refractivity contribution >= 4 is 17.7 Å². The van der Waals surface area contributed by atoms with Gasteiger partial charge in [0.1, 0.15) is 5.75 Å². The Morgan fingerprint density at radius 1 is 1.00 bits per heavy atom. The average molecular weight is 236 g/mol. The van der Waals surface area contributed by atoms with Crippen LogP contribution in [0.2, 0.25) is 0 Å². The Morgan fingerprint density at radius 3 is 2.39 bits per heavy atom. The molecule has 0 bridgehead atoms. The van der Waals surface area contributed by atoms with E-state index in [1.165, 1.54) is 0 Å². The highest BCUT2D eigenvalue weighted by Crippen LogP contribution is 2.27. The van der Waals surface area contributed by atoms with Crippen molar-refractivity contribution in [3.8, 4) is 5.75 Å². The van der Waals surface area contributed by atoms with Gasteiger partial charge < -0.3 is 5.11 Å². The quantitative estimate of drug-likeness (QED) is 0.772. The number of phenols is 1. The fraction of sp³-hybridized carbons (Fsp3) is 0.0588. The highest BCUT2D eigenvalue weighted by molar-refractivity contribution is 5.81. The minimum atomic E-state index is 0.280. The summed E-state index contributed by atoms with van der Waals surface area (Å²) in [5, 5.41) is 9.93. The predicted octanol–water partition coefficient (Wildman–Crippen LogP) is 4.60. The van der Waals surface area contributed by atoms with Crippen molar-refractivity contribution in [2.45, 2.75) is 6.92 Å². The van der Waals surface area contributed by atoms with Crippen LogP contribution in [0, 0.1) is 0 Å². The fourth-order valence-corrected chi connectivity index (χ4v) is 1.84. The molecule has 90 valence electrons. The van der Waals surface area contributed by atoms with Gasteiger partial charge in [-0.15, -0.1) is 0 Å². The van der Waals surface area contributed by atoms with Gasteiger partial charge in [0, 0.05) is 5.56 Å². The lowest BCUT2D eigenvalue weighted by Gasteiger charge is -2.07. The SMILES string of the molecule is C=C(C)c1cccc(O)c1C=Cc1ccccc1. The van der Waals surface area contributed by atoms with Gasteiger partial charge in [0.05, 0.1) is 0 Å². The van der Waals surface area contributed by atoms with E-state index in [0.29, 0.717) is 0 Å². The Morgan fingerprint density at radius 2 is 1.72 bits per heavy atom. The zero-order chi connectivity index (χ0) is 13.0. The van der Waals surface area contributed by atoms with E-state index in [-0.39, 0.29) is 5.75 Å². The Balaban J connectivity index is 2.40. The number of allylic oxidation sites excluding steroid dienone is 1. The van der Waals surface area contributed by atoms with Crippen LogP contribution in [-0.4, -0.2) is 5.11 Å². The molecule has 1 nitrogen and oxygen atoms in total. The molecule has 2 rings (SSSR count). The number of hydrogen-bond donors (Lipinski definition) is 1. The van der Waals surface area contributed by atoms with Crippen molar-refractivity contribution in [3.05, 3.63) is 71.8 Å². The first-order chi connectivity index (χ1) is 8.68. The molecule has 0 atom stereocenters. The summed E-state index contributed by atoms with van der Waals surface area (Å²) in [6, 6.07) is 15.5. The Labute approximate surface area is 108 Å². The van der Waals surface area contributed by atoms with Gasteiger partial charge in [0.2, 0.25) is 0 Å². The molecular weight excluding hydrogens is 220 g/mol. The van der Waals surface area contributed by atoms with Crippen molar-refractivity contribution < 1.29 is 5.11 Å². The Kier molecular flexibility index (Phi) is 3.63. The molecule has 0 aliphatic heterocycles. The average Bonchev–Trinajstić information content (AvgIpc) is 2.38. The first-order valence-electron chi connectivity index (χ1n) is 5.89. The highest BCUT2D eigenvalue weighted by atomic mass is 16.3. The number of aromatic hydroxyl groups is 1. The maximum atomic E-state index is 9.93. The lowest BCUT2D eigenvalue weighted by Crippen LogP contribution is -1.85. The summed E-state index contributed by atoms with van der Waals surface area (Å²) < 4.78 is 0. The smallest absolute Gasteiger partial charge is 0.123 e. The Bertz CT molecular complexity index is 580. The van der Waals surface area contributed by atoms with Gasteiger partial charge in [0.25, 0.3) is 0 Å². The molecule has 0 aliphatic rings. The van der Waals surface area contributed by atoms with Gasteiger partial charge in [-0.25, -0.2) is 0 Å². The van der Waals surface area contributed by atoms with E-state index >= 15 is 0 Å². The first kappa shape index (κ1) is 12.2. The lowest BCUT2D eigenvalue weighted by atomic mass is 10.00. The molecule has 0 heterocycles. The molecule has 0 spiro atoms. The normalized spacial score (nSPS) is 10.7. The topological polar surface area (TPSA) is 20.2 Å². The number of benzene rings is 2. The highest BCUT2D eigenvalue weighted by Gasteiger charge is 2.04. The molecule has 2 aromatic rings. The van der Waals surface area contributed by atoms with Gasteiger partial charge in [0.15, 0.2) is 0 Å². The van der Waals surface area contributed by atoms with Crippen LogP contribution in [0.5, 0.6) is 5.75 Å². The Hall–Kier alpha value is -2.28. The summed E-state index contributed by atoms with van der Waals surface area (Å²) in [4.78, 5) is 0. The summed E-state index contributed by atoms with van der Waals surface area (Å²) in [7, 11) is 0. The van der Waals surface area contributed by atoms with Crippen LogP contribution in [-0.2, 0) is 0 Å². The van der Waals surface area contributed by atoms with Gasteiger partial charge in [-0.1, -0.05) is 66.8 Å².